The zero-order valence-electron chi connectivity index (χ0n) is 10.7. The average Bonchev–Trinajstić information content (AvgIpc) is 2.89. The van der Waals surface area contributed by atoms with Gasteiger partial charge in [0, 0.05) is 26.3 Å². The molecule has 0 spiro atoms. The van der Waals surface area contributed by atoms with E-state index in [-0.39, 0.29) is 0 Å². The van der Waals surface area contributed by atoms with Crippen LogP contribution in [-0.4, -0.2) is 53.1 Å². The van der Waals surface area contributed by atoms with Crippen LogP contribution in [0.5, 0.6) is 0 Å². The Morgan fingerprint density at radius 2 is 2.22 bits per heavy atom. The first kappa shape index (κ1) is 13.2. The first-order valence-corrected chi connectivity index (χ1v) is 6.64. The van der Waals surface area contributed by atoms with E-state index >= 15 is 0 Å². The molecular formula is C12H19N5S. The highest BCUT2D eigenvalue weighted by Gasteiger charge is 2.13. The molecule has 2 heterocycles. The summed E-state index contributed by atoms with van der Waals surface area (Å²) in [4.78, 5) is 13.4. The van der Waals surface area contributed by atoms with Crippen molar-refractivity contribution in [3.63, 3.8) is 0 Å². The summed E-state index contributed by atoms with van der Waals surface area (Å²) in [6, 6.07) is 1.74. The van der Waals surface area contributed by atoms with Crippen LogP contribution in [0.3, 0.4) is 0 Å². The van der Waals surface area contributed by atoms with Crippen LogP contribution in [0.1, 0.15) is 18.5 Å². The monoisotopic (exact) mass is 265 g/mol. The van der Waals surface area contributed by atoms with Gasteiger partial charge in [-0.05, 0) is 32.0 Å². The number of nitrogens with zero attached hydrogens (tertiary/aromatic N) is 4. The lowest BCUT2D eigenvalue weighted by molar-refractivity contribution is 0.346. The van der Waals surface area contributed by atoms with E-state index in [4.69, 9.17) is 18.0 Å². The second-order valence-electron chi connectivity index (χ2n) is 4.58. The summed E-state index contributed by atoms with van der Waals surface area (Å²) in [6.07, 6.45) is 4.33. The van der Waals surface area contributed by atoms with E-state index in [0.717, 1.165) is 13.1 Å². The number of anilines is 1. The number of hydrogen-bond acceptors (Lipinski definition) is 5. The predicted octanol–water partition coefficient (Wildman–Crippen LogP) is 0.643. The van der Waals surface area contributed by atoms with E-state index in [9.17, 15) is 0 Å². The lowest BCUT2D eigenvalue weighted by Crippen LogP contribution is -2.32. The van der Waals surface area contributed by atoms with Gasteiger partial charge >= 0.3 is 0 Å². The Kier molecular flexibility index (Phi) is 4.43. The van der Waals surface area contributed by atoms with Crippen molar-refractivity contribution >= 4 is 23.2 Å². The zero-order chi connectivity index (χ0) is 13.0. The number of likely N-dealkylation sites (tertiary alicyclic amines) is 1. The molecule has 5 nitrogen and oxygen atoms in total. The van der Waals surface area contributed by atoms with Crippen molar-refractivity contribution in [3.05, 3.63) is 18.0 Å². The Hall–Kier alpha value is -1.27. The quantitative estimate of drug-likeness (QED) is 0.789. The molecule has 0 amide bonds. The van der Waals surface area contributed by atoms with Gasteiger partial charge < -0.3 is 15.5 Å². The van der Waals surface area contributed by atoms with Gasteiger partial charge in [-0.1, -0.05) is 12.2 Å². The van der Waals surface area contributed by atoms with Crippen LogP contribution >= 0.6 is 12.2 Å². The molecule has 0 atom stereocenters. The van der Waals surface area contributed by atoms with Crippen molar-refractivity contribution in [2.45, 2.75) is 12.8 Å². The van der Waals surface area contributed by atoms with Crippen LogP contribution in [0, 0.1) is 0 Å². The number of thiocarbonyl (C=S) groups is 1. The fourth-order valence-corrected chi connectivity index (χ4v) is 2.18. The molecule has 1 aromatic rings. The largest absolute Gasteiger partial charge is 0.388 e. The van der Waals surface area contributed by atoms with Gasteiger partial charge in [0.15, 0.2) is 0 Å². The van der Waals surface area contributed by atoms with Crippen molar-refractivity contribution in [3.8, 4) is 0 Å². The maximum absolute atomic E-state index is 5.57. The lowest BCUT2D eigenvalue weighted by atomic mass is 10.4. The minimum absolute atomic E-state index is 0.312. The van der Waals surface area contributed by atoms with Gasteiger partial charge in [0.2, 0.25) is 5.95 Å². The summed E-state index contributed by atoms with van der Waals surface area (Å²) in [7, 11) is 1.99. The average molecular weight is 265 g/mol. The summed E-state index contributed by atoms with van der Waals surface area (Å²) >= 11 is 4.92. The van der Waals surface area contributed by atoms with Gasteiger partial charge in [-0.2, -0.15) is 0 Å². The van der Waals surface area contributed by atoms with Crippen molar-refractivity contribution in [1.82, 2.24) is 14.9 Å². The van der Waals surface area contributed by atoms with Crippen LogP contribution in [0.25, 0.3) is 0 Å². The number of rotatable bonds is 5. The Morgan fingerprint density at radius 3 is 2.89 bits per heavy atom. The maximum atomic E-state index is 5.57. The zero-order valence-corrected chi connectivity index (χ0v) is 11.5. The first-order valence-electron chi connectivity index (χ1n) is 6.23. The number of aromatic nitrogens is 2. The molecule has 2 N–H and O–H groups in total. The molecule has 0 saturated carbocycles. The summed E-state index contributed by atoms with van der Waals surface area (Å²) in [5.74, 6) is 0.680. The molecule has 1 aliphatic heterocycles. The van der Waals surface area contributed by atoms with Crippen LogP contribution in [-0.2, 0) is 0 Å². The molecule has 0 radical (unpaired) electrons. The third-order valence-electron chi connectivity index (χ3n) is 3.19. The molecule has 0 aromatic carbocycles. The van der Waals surface area contributed by atoms with Crippen LogP contribution < -0.4 is 10.6 Å². The Balaban J connectivity index is 1.93. The fourth-order valence-electron chi connectivity index (χ4n) is 2.07. The van der Waals surface area contributed by atoms with Gasteiger partial charge in [-0.3, -0.25) is 0 Å². The minimum atomic E-state index is 0.312. The van der Waals surface area contributed by atoms with Crippen molar-refractivity contribution in [2.24, 2.45) is 5.73 Å². The van der Waals surface area contributed by atoms with Gasteiger partial charge in [0.05, 0.1) is 0 Å². The number of nitrogens with two attached hydrogens (primary N) is 1. The maximum Gasteiger partial charge on any atom is 0.225 e. The lowest BCUT2D eigenvalue weighted by Gasteiger charge is -2.21. The Morgan fingerprint density at radius 1 is 1.50 bits per heavy atom. The highest BCUT2D eigenvalue weighted by atomic mass is 32.1. The molecule has 2 rings (SSSR count). The number of hydrogen-bond donors (Lipinski definition) is 1. The highest BCUT2D eigenvalue weighted by molar-refractivity contribution is 7.80. The summed E-state index contributed by atoms with van der Waals surface area (Å²) in [5.41, 5.74) is 6.20. The van der Waals surface area contributed by atoms with E-state index < -0.39 is 0 Å². The van der Waals surface area contributed by atoms with Gasteiger partial charge in [-0.15, -0.1) is 0 Å². The van der Waals surface area contributed by atoms with Crippen molar-refractivity contribution in [1.29, 1.82) is 0 Å². The third-order valence-corrected chi connectivity index (χ3v) is 3.40. The molecule has 6 heteroatoms. The third kappa shape index (κ3) is 3.36. The minimum Gasteiger partial charge on any atom is -0.388 e. The molecule has 0 bridgehead atoms. The summed E-state index contributed by atoms with van der Waals surface area (Å²) in [5, 5.41) is 0. The van der Waals surface area contributed by atoms with Crippen LogP contribution in [0.4, 0.5) is 5.95 Å². The molecule has 1 fully saturated rings. The molecule has 18 heavy (non-hydrogen) atoms. The molecule has 1 saturated heterocycles. The Labute approximate surface area is 113 Å². The standard InChI is InChI=1S/C12H19N5S/c1-16(8-9-17-6-2-3-7-17)12-14-5-4-10(15-12)11(13)18/h4-5H,2-3,6-9H2,1H3,(H2,13,18). The smallest absolute Gasteiger partial charge is 0.225 e. The topological polar surface area (TPSA) is 58.3 Å². The molecule has 0 aliphatic carbocycles. The summed E-state index contributed by atoms with van der Waals surface area (Å²) < 4.78 is 0. The van der Waals surface area contributed by atoms with Crippen LogP contribution in [0.15, 0.2) is 12.3 Å². The van der Waals surface area contributed by atoms with Gasteiger partial charge in [-0.25, -0.2) is 9.97 Å². The molecular weight excluding hydrogens is 246 g/mol. The van der Waals surface area contributed by atoms with Crippen molar-refractivity contribution < 1.29 is 0 Å². The van der Waals surface area contributed by atoms with Crippen LogP contribution in [0.2, 0.25) is 0 Å². The second kappa shape index (κ2) is 6.06. The summed E-state index contributed by atoms with van der Waals surface area (Å²) in [6.45, 7) is 4.39. The van der Waals surface area contributed by atoms with Crippen molar-refractivity contribution in [2.75, 3.05) is 38.1 Å². The van der Waals surface area contributed by atoms with Gasteiger partial charge in [0.25, 0.3) is 0 Å². The van der Waals surface area contributed by atoms with E-state index in [0.29, 0.717) is 16.6 Å². The molecule has 0 unspecified atom stereocenters. The second-order valence-corrected chi connectivity index (χ2v) is 5.02. The molecule has 1 aromatic heterocycles. The Bertz CT molecular complexity index is 417. The fraction of sp³-hybridized carbons (Fsp3) is 0.583. The van der Waals surface area contributed by atoms with E-state index in [1.807, 2.05) is 11.9 Å². The molecule has 1 aliphatic rings. The van der Waals surface area contributed by atoms with E-state index in [1.54, 1.807) is 12.3 Å². The molecule has 98 valence electrons. The van der Waals surface area contributed by atoms with Gasteiger partial charge in [0.1, 0.15) is 10.7 Å². The first-order chi connectivity index (χ1) is 8.66. The SMILES string of the molecule is CN(CCN1CCCC1)c1nccc(C(N)=S)n1. The van der Waals surface area contributed by atoms with E-state index in [2.05, 4.69) is 14.9 Å². The highest BCUT2D eigenvalue weighted by Crippen LogP contribution is 2.09. The number of likely N-dealkylation sites (N-methyl/N-ethyl adjacent to an activating group) is 1. The van der Waals surface area contributed by atoms with E-state index in [1.165, 1.54) is 25.9 Å². The predicted molar refractivity (Wildman–Crippen MR) is 76.9 cm³/mol. The normalized spacial score (nSPS) is 15.8.